The van der Waals surface area contributed by atoms with Crippen LogP contribution in [0.3, 0.4) is 0 Å². The number of hydrogen-bond acceptors (Lipinski definition) is 7. The van der Waals surface area contributed by atoms with Gasteiger partial charge in [0.05, 0.1) is 14.2 Å². The van der Waals surface area contributed by atoms with Gasteiger partial charge in [0.25, 0.3) is 0 Å². The molecule has 7 nitrogen and oxygen atoms in total. The Morgan fingerprint density at radius 1 is 1.03 bits per heavy atom. The Bertz CT molecular complexity index is 1140. The maximum absolute atomic E-state index is 13.6. The average molecular weight is 509 g/mol. The highest BCUT2D eigenvalue weighted by molar-refractivity contribution is 6.01. The minimum absolute atomic E-state index is 0.00176. The molecule has 1 aromatic carbocycles. The number of ketones is 1. The minimum atomic E-state index is -1.66. The van der Waals surface area contributed by atoms with Crippen molar-refractivity contribution in [3.63, 3.8) is 0 Å². The molecule has 198 valence electrons. The Balaban J connectivity index is 1.89. The molecule has 0 aromatic heterocycles. The predicted octanol–water partition coefficient (Wildman–Crippen LogP) is 5.03. The van der Waals surface area contributed by atoms with Crippen LogP contribution in [-0.2, 0) is 33.3 Å². The lowest BCUT2D eigenvalue weighted by atomic mass is 9.60. The first-order chi connectivity index (χ1) is 17.5. The number of carbonyl (C=O) groups excluding carboxylic acids is 3. The molecular weight excluding hydrogens is 472 g/mol. The molecule has 3 aliphatic rings. The predicted molar refractivity (Wildman–Crippen MR) is 137 cm³/mol. The molecule has 7 heteroatoms. The summed E-state index contributed by atoms with van der Waals surface area (Å²) in [5, 5.41) is 0. The Morgan fingerprint density at radius 3 is 2.30 bits per heavy atom. The van der Waals surface area contributed by atoms with Gasteiger partial charge in [-0.25, -0.2) is 0 Å². The summed E-state index contributed by atoms with van der Waals surface area (Å²) >= 11 is 0. The quantitative estimate of drug-likeness (QED) is 0.321. The molecule has 4 rings (SSSR count). The summed E-state index contributed by atoms with van der Waals surface area (Å²) in [6.07, 6.45) is 6.80. The van der Waals surface area contributed by atoms with E-state index in [0.29, 0.717) is 6.42 Å². The Kier molecular flexibility index (Phi) is 7.32. The first-order valence-corrected chi connectivity index (χ1v) is 12.7. The third-order valence-electron chi connectivity index (χ3n) is 8.34. The van der Waals surface area contributed by atoms with Crippen molar-refractivity contribution in [2.24, 2.45) is 16.7 Å². The normalized spacial score (nSPS) is 32.9. The van der Waals surface area contributed by atoms with Crippen LogP contribution in [0.2, 0.25) is 0 Å². The van der Waals surface area contributed by atoms with Crippen molar-refractivity contribution in [1.82, 2.24) is 0 Å². The topological polar surface area (TPSA) is 88.1 Å². The molecule has 0 unspecified atom stereocenters. The monoisotopic (exact) mass is 508 g/mol. The fourth-order valence-electron chi connectivity index (χ4n) is 6.03. The summed E-state index contributed by atoms with van der Waals surface area (Å²) in [6.45, 7) is 7.89. The number of hydrogen-bond donors (Lipinski definition) is 0. The zero-order chi connectivity index (χ0) is 27.0. The third-order valence-corrected chi connectivity index (χ3v) is 8.34. The van der Waals surface area contributed by atoms with Gasteiger partial charge in [0, 0.05) is 16.9 Å². The van der Waals surface area contributed by atoms with Crippen LogP contribution in [0.4, 0.5) is 0 Å². The van der Waals surface area contributed by atoms with Crippen LogP contribution in [0.15, 0.2) is 65.8 Å². The van der Waals surface area contributed by atoms with Crippen molar-refractivity contribution < 1.29 is 33.3 Å². The van der Waals surface area contributed by atoms with Crippen LogP contribution < -0.4 is 0 Å². The molecule has 2 aliphatic carbocycles. The fourth-order valence-corrected chi connectivity index (χ4v) is 6.03. The van der Waals surface area contributed by atoms with Crippen molar-refractivity contribution in [1.29, 1.82) is 0 Å². The number of benzene rings is 1. The van der Waals surface area contributed by atoms with Crippen molar-refractivity contribution >= 4 is 17.7 Å². The summed E-state index contributed by atoms with van der Waals surface area (Å²) in [4.78, 5) is 39.6. The van der Waals surface area contributed by atoms with Gasteiger partial charge in [-0.15, -0.1) is 0 Å². The first kappa shape index (κ1) is 27.0. The third kappa shape index (κ3) is 4.38. The van der Waals surface area contributed by atoms with Crippen LogP contribution in [0.1, 0.15) is 58.8 Å². The van der Waals surface area contributed by atoms with Gasteiger partial charge in [0.15, 0.2) is 17.5 Å². The minimum Gasteiger partial charge on any atom is -0.468 e. The molecule has 0 radical (unpaired) electrons. The summed E-state index contributed by atoms with van der Waals surface area (Å²) in [6, 6.07) is 9.71. The second-order valence-electron chi connectivity index (χ2n) is 10.8. The van der Waals surface area contributed by atoms with E-state index in [2.05, 4.69) is 19.9 Å². The van der Waals surface area contributed by atoms with E-state index in [1.807, 2.05) is 43.3 Å². The standard InChI is InChI=1S/C30H36O7/c1-19-14-16-30-24(36-25(37-30)21-11-8-7-9-12-21)13-10-15-29(26(32)34-5,27(33)35-6)18-20(2)23(31)17-22(19)28(30,3)4/h7-14,17,20,24-25H,15-16,18H2,1-6H3/b13-10+,22-17-/t20-,24-,25-,30+/m0/s1. The van der Waals surface area contributed by atoms with E-state index >= 15 is 0 Å². The maximum Gasteiger partial charge on any atom is 0.323 e. The van der Waals surface area contributed by atoms with Crippen molar-refractivity contribution in [2.45, 2.75) is 65.0 Å². The highest BCUT2D eigenvalue weighted by Gasteiger charge is 2.60. The zero-order valence-electron chi connectivity index (χ0n) is 22.4. The van der Waals surface area contributed by atoms with E-state index < -0.39 is 46.7 Å². The molecule has 4 atom stereocenters. The number of methoxy groups -OCH3 is 2. The number of allylic oxidation sites excluding steroid dienone is 3. The van der Waals surface area contributed by atoms with Gasteiger partial charge in [0.2, 0.25) is 0 Å². The van der Waals surface area contributed by atoms with Gasteiger partial charge in [-0.05, 0) is 37.8 Å². The SMILES string of the molecule is COC(=O)C1(C(=O)OC)C/C=C/[C@@H]2O[C@H](c3ccccc3)O[C@]23CC=C(C)/C(=C/C(=O)[C@@H](C)C1)C3(C)C. The molecule has 1 spiro atoms. The van der Waals surface area contributed by atoms with Gasteiger partial charge in [0.1, 0.15) is 11.7 Å². The summed E-state index contributed by atoms with van der Waals surface area (Å²) in [5.74, 6) is -2.27. The van der Waals surface area contributed by atoms with Crippen molar-refractivity contribution in [2.75, 3.05) is 14.2 Å². The maximum atomic E-state index is 13.6. The molecule has 0 saturated carbocycles. The van der Waals surface area contributed by atoms with Gasteiger partial charge in [-0.2, -0.15) is 0 Å². The molecule has 0 N–H and O–H groups in total. The number of fused-ring (bicyclic) bond motifs is 1. The molecule has 2 bridgehead atoms. The largest absolute Gasteiger partial charge is 0.468 e. The zero-order valence-corrected chi connectivity index (χ0v) is 22.4. The van der Waals surface area contributed by atoms with Crippen LogP contribution in [0, 0.1) is 16.7 Å². The highest BCUT2D eigenvalue weighted by Crippen LogP contribution is 2.57. The second kappa shape index (κ2) is 10.0. The van der Waals surface area contributed by atoms with Crippen LogP contribution in [0.25, 0.3) is 0 Å². The van der Waals surface area contributed by atoms with E-state index in [4.69, 9.17) is 18.9 Å². The number of rotatable bonds is 3. The van der Waals surface area contributed by atoms with Crippen molar-refractivity contribution in [3.8, 4) is 0 Å². The van der Waals surface area contributed by atoms with Crippen LogP contribution in [0.5, 0.6) is 0 Å². The lowest BCUT2D eigenvalue weighted by Gasteiger charge is -2.49. The molecular formula is C30H36O7. The molecule has 1 saturated heterocycles. The lowest BCUT2D eigenvalue weighted by molar-refractivity contribution is -0.170. The number of esters is 2. The number of ether oxygens (including phenoxy) is 4. The Morgan fingerprint density at radius 2 is 1.68 bits per heavy atom. The molecule has 37 heavy (non-hydrogen) atoms. The van der Waals surface area contributed by atoms with Crippen LogP contribution >= 0.6 is 0 Å². The van der Waals surface area contributed by atoms with E-state index in [-0.39, 0.29) is 18.6 Å². The first-order valence-electron chi connectivity index (χ1n) is 12.7. The van der Waals surface area contributed by atoms with Gasteiger partial charge < -0.3 is 18.9 Å². The van der Waals surface area contributed by atoms with Crippen molar-refractivity contribution in [3.05, 3.63) is 71.3 Å². The van der Waals surface area contributed by atoms with E-state index in [1.54, 1.807) is 19.1 Å². The lowest BCUT2D eigenvalue weighted by Crippen LogP contribution is -2.54. The summed E-state index contributed by atoms with van der Waals surface area (Å²) in [7, 11) is 2.46. The molecule has 1 aliphatic heterocycles. The summed E-state index contributed by atoms with van der Waals surface area (Å²) < 4.78 is 23.4. The second-order valence-corrected chi connectivity index (χ2v) is 10.8. The highest BCUT2D eigenvalue weighted by atomic mass is 16.7. The van der Waals surface area contributed by atoms with E-state index in [1.165, 1.54) is 14.2 Å². The van der Waals surface area contributed by atoms with E-state index in [0.717, 1.165) is 16.7 Å². The number of carbonyl (C=O) groups is 3. The van der Waals surface area contributed by atoms with Gasteiger partial charge in [-0.3, -0.25) is 14.4 Å². The smallest absolute Gasteiger partial charge is 0.323 e. The fraction of sp³-hybridized carbons (Fsp3) is 0.500. The molecule has 0 amide bonds. The van der Waals surface area contributed by atoms with Gasteiger partial charge in [-0.1, -0.05) is 74.9 Å². The molecule has 1 aromatic rings. The molecule has 1 heterocycles. The van der Waals surface area contributed by atoms with Gasteiger partial charge >= 0.3 is 11.9 Å². The summed E-state index contributed by atoms with van der Waals surface area (Å²) in [5.41, 5.74) is -0.326. The molecule has 1 fully saturated rings. The Hall–Kier alpha value is -3.03. The van der Waals surface area contributed by atoms with E-state index in [9.17, 15) is 14.4 Å². The average Bonchev–Trinajstić information content (AvgIpc) is 3.27. The van der Waals surface area contributed by atoms with Crippen LogP contribution in [-0.4, -0.2) is 43.6 Å². The Labute approximate surface area is 218 Å².